The summed E-state index contributed by atoms with van der Waals surface area (Å²) in [4.78, 5) is 14.2. The summed E-state index contributed by atoms with van der Waals surface area (Å²) >= 11 is 12.6. The van der Waals surface area contributed by atoms with Crippen LogP contribution in [0.2, 0.25) is 5.02 Å². The molecule has 0 bridgehead atoms. The Morgan fingerprint density at radius 1 is 1.38 bits per heavy atom. The minimum Gasteiger partial charge on any atom is -0.258 e. The largest absolute Gasteiger partial charge is 0.306 e. The Morgan fingerprint density at radius 2 is 2.06 bits per heavy atom. The molecular weight excluding hydrogens is 363 g/mol. The highest BCUT2D eigenvalue weighted by Crippen LogP contribution is 2.35. The van der Waals surface area contributed by atoms with Crippen LogP contribution < -0.4 is 0 Å². The molecule has 0 saturated carbocycles. The zero-order valence-corrected chi connectivity index (χ0v) is 11.5. The van der Waals surface area contributed by atoms with Crippen LogP contribution in [0, 0.1) is 10.1 Å². The van der Waals surface area contributed by atoms with E-state index in [1.165, 1.54) is 0 Å². The van der Waals surface area contributed by atoms with Crippen LogP contribution in [-0.2, 0) is 0 Å². The quantitative estimate of drug-likeness (QED) is 0.558. The molecule has 7 heteroatoms. The van der Waals surface area contributed by atoms with Crippen molar-refractivity contribution in [2.24, 2.45) is 0 Å². The van der Waals surface area contributed by atoms with Crippen molar-refractivity contribution in [3.63, 3.8) is 0 Å². The molecule has 4 nitrogen and oxygen atoms in total. The molecule has 0 aliphatic carbocycles. The molecule has 1 aromatic carbocycles. The Bertz CT molecular complexity index is 604. The standard InChI is InChI=1S/C9H3Br2ClN2O2/c10-4-1-5-8(12)7(14(15)16)3-13-9(5)6(11)2-4/h1-3H. The third-order valence-corrected chi connectivity index (χ3v) is 3.46. The topological polar surface area (TPSA) is 56.0 Å². The monoisotopic (exact) mass is 364 g/mol. The maximum atomic E-state index is 10.7. The fourth-order valence-electron chi connectivity index (χ4n) is 1.31. The predicted molar refractivity (Wildman–Crippen MR) is 68.8 cm³/mol. The molecule has 0 amide bonds. The fraction of sp³-hybridized carbons (Fsp3) is 0. The number of hydrogen-bond acceptors (Lipinski definition) is 3. The Morgan fingerprint density at radius 3 is 2.69 bits per heavy atom. The lowest BCUT2D eigenvalue weighted by atomic mass is 10.2. The van der Waals surface area contributed by atoms with Gasteiger partial charge in [-0.2, -0.15) is 0 Å². The van der Waals surface area contributed by atoms with E-state index >= 15 is 0 Å². The highest BCUT2D eigenvalue weighted by Gasteiger charge is 2.17. The third-order valence-electron chi connectivity index (χ3n) is 2.00. The maximum absolute atomic E-state index is 10.7. The van der Waals surface area contributed by atoms with Gasteiger partial charge in [0.2, 0.25) is 0 Å². The number of benzene rings is 1. The van der Waals surface area contributed by atoms with Gasteiger partial charge in [-0.15, -0.1) is 0 Å². The predicted octanol–water partition coefficient (Wildman–Crippen LogP) is 4.32. The summed E-state index contributed by atoms with van der Waals surface area (Å²) in [6.07, 6.45) is 1.16. The van der Waals surface area contributed by atoms with Crippen LogP contribution in [0.4, 0.5) is 5.69 Å². The van der Waals surface area contributed by atoms with Crippen molar-refractivity contribution in [3.05, 3.63) is 42.4 Å². The first-order chi connectivity index (χ1) is 7.50. The number of halogens is 3. The van der Waals surface area contributed by atoms with Gasteiger partial charge >= 0.3 is 5.69 Å². The molecule has 0 spiro atoms. The number of nitrogens with zero attached hydrogens (tertiary/aromatic N) is 2. The van der Waals surface area contributed by atoms with Crippen LogP contribution in [-0.4, -0.2) is 9.91 Å². The van der Waals surface area contributed by atoms with Gasteiger partial charge in [0, 0.05) is 14.3 Å². The van der Waals surface area contributed by atoms with Gasteiger partial charge in [-0.1, -0.05) is 27.5 Å². The van der Waals surface area contributed by atoms with Crippen molar-refractivity contribution in [1.29, 1.82) is 0 Å². The van der Waals surface area contributed by atoms with Crippen molar-refractivity contribution >= 4 is 60.1 Å². The van der Waals surface area contributed by atoms with E-state index in [2.05, 4.69) is 36.8 Å². The third kappa shape index (κ3) is 1.92. The molecule has 0 radical (unpaired) electrons. The molecule has 1 heterocycles. The minimum absolute atomic E-state index is 0.0944. The summed E-state index contributed by atoms with van der Waals surface area (Å²) < 4.78 is 1.50. The zero-order valence-electron chi connectivity index (χ0n) is 7.58. The first-order valence-corrected chi connectivity index (χ1v) is 6.04. The molecule has 0 fully saturated rings. The van der Waals surface area contributed by atoms with Crippen LogP contribution in [0.1, 0.15) is 0 Å². The van der Waals surface area contributed by atoms with E-state index in [0.717, 1.165) is 15.1 Å². The van der Waals surface area contributed by atoms with Gasteiger partial charge in [-0.25, -0.2) is 4.98 Å². The zero-order chi connectivity index (χ0) is 11.9. The van der Waals surface area contributed by atoms with Gasteiger partial charge < -0.3 is 0 Å². The van der Waals surface area contributed by atoms with Crippen LogP contribution in [0.25, 0.3) is 10.9 Å². The van der Waals surface area contributed by atoms with Gasteiger partial charge in [-0.05, 0) is 28.1 Å². The van der Waals surface area contributed by atoms with Crippen LogP contribution in [0.15, 0.2) is 27.3 Å². The average molecular weight is 366 g/mol. The van der Waals surface area contributed by atoms with Crippen LogP contribution in [0.5, 0.6) is 0 Å². The lowest BCUT2D eigenvalue weighted by Gasteiger charge is -2.03. The number of nitro groups is 1. The molecule has 16 heavy (non-hydrogen) atoms. The average Bonchev–Trinajstić information content (AvgIpc) is 2.19. The summed E-state index contributed by atoms with van der Waals surface area (Å²) in [5.41, 5.74) is 0.401. The molecule has 0 atom stereocenters. The maximum Gasteiger partial charge on any atom is 0.306 e. The molecule has 0 aliphatic rings. The van der Waals surface area contributed by atoms with Crippen molar-refractivity contribution < 1.29 is 4.92 Å². The van der Waals surface area contributed by atoms with Gasteiger partial charge in [0.05, 0.1) is 10.4 Å². The Balaban J connectivity index is 2.89. The summed E-state index contributed by atoms with van der Waals surface area (Å²) in [5.74, 6) is 0. The van der Waals surface area contributed by atoms with Crippen molar-refractivity contribution in [2.45, 2.75) is 0 Å². The van der Waals surface area contributed by atoms with Gasteiger partial charge in [0.15, 0.2) is 0 Å². The van der Waals surface area contributed by atoms with E-state index in [9.17, 15) is 10.1 Å². The first-order valence-electron chi connectivity index (χ1n) is 4.08. The van der Waals surface area contributed by atoms with Crippen molar-refractivity contribution in [1.82, 2.24) is 4.98 Å². The molecule has 2 aromatic rings. The Hall–Kier alpha value is -0.720. The molecule has 1 aromatic heterocycles. The van der Waals surface area contributed by atoms with E-state index in [4.69, 9.17) is 11.6 Å². The molecule has 0 N–H and O–H groups in total. The highest BCUT2D eigenvalue weighted by molar-refractivity contribution is 9.11. The van der Waals surface area contributed by atoms with E-state index in [-0.39, 0.29) is 10.7 Å². The molecule has 82 valence electrons. The lowest BCUT2D eigenvalue weighted by Crippen LogP contribution is -1.92. The molecule has 2 rings (SSSR count). The molecule has 0 saturated heterocycles. The fourth-order valence-corrected chi connectivity index (χ4v) is 2.90. The van der Waals surface area contributed by atoms with E-state index in [0.29, 0.717) is 10.9 Å². The number of fused-ring (bicyclic) bond motifs is 1. The molecule has 0 aliphatic heterocycles. The normalized spacial score (nSPS) is 10.7. The summed E-state index contributed by atoms with van der Waals surface area (Å²) in [6, 6.07) is 3.50. The minimum atomic E-state index is -0.552. The summed E-state index contributed by atoms with van der Waals surface area (Å²) in [6.45, 7) is 0. The van der Waals surface area contributed by atoms with Crippen molar-refractivity contribution in [3.8, 4) is 0 Å². The SMILES string of the molecule is O=[N+]([O-])c1cnc2c(Br)cc(Br)cc2c1Cl. The van der Waals surface area contributed by atoms with Crippen LogP contribution in [0.3, 0.4) is 0 Å². The van der Waals surface area contributed by atoms with Crippen LogP contribution >= 0.6 is 43.5 Å². The second kappa shape index (κ2) is 4.27. The second-order valence-corrected chi connectivity index (χ2v) is 5.15. The van der Waals surface area contributed by atoms with Crippen molar-refractivity contribution in [2.75, 3.05) is 0 Å². The second-order valence-electron chi connectivity index (χ2n) is 3.00. The van der Waals surface area contributed by atoms with E-state index < -0.39 is 4.92 Å². The molecule has 0 unspecified atom stereocenters. The van der Waals surface area contributed by atoms with E-state index in [1.807, 2.05) is 0 Å². The summed E-state index contributed by atoms with van der Waals surface area (Å²) in [7, 11) is 0. The first kappa shape index (κ1) is 11.8. The Kier molecular flexibility index (Phi) is 3.14. The lowest BCUT2D eigenvalue weighted by molar-refractivity contribution is -0.384. The summed E-state index contributed by atoms with van der Waals surface area (Å²) in [5, 5.41) is 11.3. The van der Waals surface area contributed by atoms with Gasteiger partial charge in [0.25, 0.3) is 0 Å². The number of rotatable bonds is 1. The molecular formula is C9H3Br2ClN2O2. The smallest absolute Gasteiger partial charge is 0.258 e. The number of hydrogen-bond donors (Lipinski definition) is 0. The van der Waals surface area contributed by atoms with Gasteiger partial charge in [-0.3, -0.25) is 10.1 Å². The Labute approximate surface area is 112 Å². The van der Waals surface area contributed by atoms with Gasteiger partial charge in [0.1, 0.15) is 11.2 Å². The highest BCUT2D eigenvalue weighted by atomic mass is 79.9. The number of aromatic nitrogens is 1. The van der Waals surface area contributed by atoms with E-state index in [1.54, 1.807) is 12.1 Å². The number of pyridine rings is 1.